The smallest absolute Gasteiger partial charge is 0.293 e. The van der Waals surface area contributed by atoms with Crippen molar-refractivity contribution in [3.63, 3.8) is 0 Å². The third kappa shape index (κ3) is 5.03. The SMILES string of the molecule is CCOc1cc(/C=C2\SC(=O)N(CC)C2=O)c(Br)cc1OCc1ccc(C)cc1. The van der Waals surface area contributed by atoms with Gasteiger partial charge in [-0.25, -0.2) is 0 Å². The highest BCUT2D eigenvalue weighted by molar-refractivity contribution is 9.10. The number of rotatable bonds is 7. The highest BCUT2D eigenvalue weighted by Crippen LogP contribution is 2.38. The second-order valence-electron chi connectivity index (χ2n) is 6.45. The lowest BCUT2D eigenvalue weighted by atomic mass is 10.1. The van der Waals surface area contributed by atoms with Gasteiger partial charge in [0.25, 0.3) is 11.1 Å². The quantitative estimate of drug-likeness (QED) is 0.474. The molecule has 2 amide bonds. The van der Waals surface area contributed by atoms with Gasteiger partial charge >= 0.3 is 0 Å². The molecule has 0 saturated carbocycles. The van der Waals surface area contributed by atoms with E-state index in [0.29, 0.717) is 36.2 Å². The number of halogens is 1. The molecule has 0 atom stereocenters. The number of ether oxygens (including phenoxy) is 2. The first-order chi connectivity index (χ1) is 13.9. The maximum atomic E-state index is 12.4. The van der Waals surface area contributed by atoms with Gasteiger partial charge in [-0.05, 0) is 61.9 Å². The van der Waals surface area contributed by atoms with E-state index in [0.717, 1.165) is 27.4 Å². The van der Waals surface area contributed by atoms with Crippen molar-refractivity contribution in [1.29, 1.82) is 0 Å². The van der Waals surface area contributed by atoms with Gasteiger partial charge in [0, 0.05) is 11.0 Å². The normalized spacial score (nSPS) is 15.3. The van der Waals surface area contributed by atoms with Gasteiger partial charge in [-0.15, -0.1) is 0 Å². The van der Waals surface area contributed by atoms with E-state index in [1.165, 1.54) is 10.5 Å². The first kappa shape index (κ1) is 21.5. The maximum absolute atomic E-state index is 12.4. The largest absolute Gasteiger partial charge is 0.490 e. The molecule has 0 N–H and O–H groups in total. The molecule has 0 aromatic heterocycles. The lowest BCUT2D eigenvalue weighted by molar-refractivity contribution is -0.122. The number of thioether (sulfide) groups is 1. The van der Waals surface area contributed by atoms with E-state index < -0.39 is 0 Å². The predicted molar refractivity (Wildman–Crippen MR) is 119 cm³/mol. The molecular formula is C22H22BrNO4S. The van der Waals surface area contributed by atoms with Crippen LogP contribution in [0.1, 0.15) is 30.5 Å². The number of hydrogen-bond acceptors (Lipinski definition) is 5. The molecular weight excluding hydrogens is 454 g/mol. The minimum atomic E-state index is -0.271. The van der Waals surface area contributed by atoms with Crippen LogP contribution >= 0.6 is 27.7 Å². The molecule has 1 aliphatic heterocycles. The molecule has 5 nitrogen and oxygen atoms in total. The molecule has 0 bridgehead atoms. The Morgan fingerprint density at radius 1 is 1.07 bits per heavy atom. The standard InChI is InChI=1S/C22H22BrNO4S/c1-4-24-21(25)20(29-22(24)26)11-16-10-18(27-5-2)19(12-17(16)23)28-13-15-8-6-14(3)7-9-15/h6-12H,4-5,13H2,1-3H3/b20-11-. The highest BCUT2D eigenvalue weighted by atomic mass is 79.9. The van der Waals surface area contributed by atoms with Crippen molar-refractivity contribution in [3.8, 4) is 11.5 Å². The molecule has 2 aromatic rings. The van der Waals surface area contributed by atoms with E-state index >= 15 is 0 Å². The molecule has 1 aliphatic rings. The zero-order valence-corrected chi connectivity index (χ0v) is 18.9. The Balaban J connectivity index is 1.86. The first-order valence-electron chi connectivity index (χ1n) is 9.33. The molecule has 0 unspecified atom stereocenters. The molecule has 29 heavy (non-hydrogen) atoms. The van der Waals surface area contributed by atoms with Gasteiger partial charge in [-0.2, -0.15) is 0 Å². The average Bonchev–Trinajstić information content (AvgIpc) is 2.97. The van der Waals surface area contributed by atoms with Crippen LogP contribution in [0.4, 0.5) is 4.79 Å². The van der Waals surface area contributed by atoms with Crippen LogP contribution in [0.15, 0.2) is 45.8 Å². The summed E-state index contributed by atoms with van der Waals surface area (Å²) in [5.41, 5.74) is 3.01. The summed E-state index contributed by atoms with van der Waals surface area (Å²) in [5.74, 6) is 0.925. The van der Waals surface area contributed by atoms with E-state index in [-0.39, 0.29) is 11.1 Å². The summed E-state index contributed by atoms with van der Waals surface area (Å²) in [5, 5.41) is -0.247. The van der Waals surface area contributed by atoms with Crippen LogP contribution in [0.25, 0.3) is 6.08 Å². The summed E-state index contributed by atoms with van der Waals surface area (Å²) in [4.78, 5) is 25.9. The van der Waals surface area contributed by atoms with E-state index in [1.54, 1.807) is 13.0 Å². The summed E-state index contributed by atoms with van der Waals surface area (Å²) in [6.45, 7) is 6.98. The average molecular weight is 476 g/mol. The molecule has 2 aromatic carbocycles. The van der Waals surface area contributed by atoms with Crippen molar-refractivity contribution in [2.24, 2.45) is 0 Å². The monoisotopic (exact) mass is 475 g/mol. The summed E-state index contributed by atoms with van der Waals surface area (Å²) in [6, 6.07) is 11.8. The van der Waals surface area contributed by atoms with E-state index in [2.05, 4.69) is 15.9 Å². The minimum absolute atomic E-state index is 0.247. The van der Waals surface area contributed by atoms with Gasteiger partial charge in [-0.3, -0.25) is 14.5 Å². The van der Waals surface area contributed by atoms with Crippen molar-refractivity contribution in [2.45, 2.75) is 27.4 Å². The number of carbonyl (C=O) groups excluding carboxylic acids is 2. The minimum Gasteiger partial charge on any atom is -0.490 e. The predicted octanol–water partition coefficient (Wildman–Crippen LogP) is 5.79. The maximum Gasteiger partial charge on any atom is 0.293 e. The number of aryl methyl sites for hydroxylation is 1. The number of carbonyl (C=O) groups is 2. The van der Waals surface area contributed by atoms with Gasteiger partial charge in [0.1, 0.15) is 6.61 Å². The van der Waals surface area contributed by atoms with Crippen molar-refractivity contribution < 1.29 is 19.1 Å². The third-order valence-corrected chi connectivity index (χ3v) is 5.95. The summed E-state index contributed by atoms with van der Waals surface area (Å²) in [7, 11) is 0. The Morgan fingerprint density at radius 3 is 2.38 bits per heavy atom. The summed E-state index contributed by atoms with van der Waals surface area (Å²) >= 11 is 4.49. The zero-order valence-electron chi connectivity index (χ0n) is 16.5. The molecule has 3 rings (SSSR count). The van der Waals surface area contributed by atoms with E-state index in [4.69, 9.17) is 9.47 Å². The van der Waals surface area contributed by atoms with Gasteiger partial charge < -0.3 is 9.47 Å². The Hall–Kier alpha value is -2.25. The Morgan fingerprint density at radius 2 is 1.76 bits per heavy atom. The van der Waals surface area contributed by atoms with Crippen LogP contribution in [0.2, 0.25) is 0 Å². The number of nitrogens with zero attached hydrogens (tertiary/aromatic N) is 1. The van der Waals surface area contributed by atoms with Crippen LogP contribution in [0.5, 0.6) is 11.5 Å². The number of imide groups is 1. The van der Waals surface area contributed by atoms with Gasteiger partial charge in [0.05, 0.1) is 11.5 Å². The van der Waals surface area contributed by atoms with Crippen molar-refractivity contribution in [3.05, 3.63) is 62.5 Å². The molecule has 0 aliphatic carbocycles. The number of benzene rings is 2. The zero-order chi connectivity index (χ0) is 21.0. The number of amides is 2. The fraction of sp³-hybridized carbons (Fsp3) is 0.273. The van der Waals surface area contributed by atoms with E-state index in [9.17, 15) is 9.59 Å². The molecule has 0 spiro atoms. The first-order valence-corrected chi connectivity index (χ1v) is 10.9. The van der Waals surface area contributed by atoms with Crippen LogP contribution in [0, 0.1) is 6.92 Å². The second-order valence-corrected chi connectivity index (χ2v) is 8.30. The number of hydrogen-bond donors (Lipinski definition) is 0. The third-order valence-electron chi connectivity index (χ3n) is 4.35. The topological polar surface area (TPSA) is 55.8 Å². The second kappa shape index (κ2) is 9.50. The van der Waals surface area contributed by atoms with E-state index in [1.807, 2.05) is 50.2 Å². The van der Waals surface area contributed by atoms with Crippen molar-refractivity contribution in [1.82, 2.24) is 4.90 Å². The Kier molecular flexibility index (Phi) is 7.03. The number of likely N-dealkylation sites (N-methyl/N-ethyl adjacent to an activating group) is 1. The molecule has 1 saturated heterocycles. The Labute approximate surface area is 183 Å². The van der Waals surface area contributed by atoms with Crippen molar-refractivity contribution in [2.75, 3.05) is 13.2 Å². The summed E-state index contributed by atoms with van der Waals surface area (Å²) in [6.07, 6.45) is 1.71. The van der Waals surface area contributed by atoms with Gasteiger partial charge in [0.2, 0.25) is 0 Å². The van der Waals surface area contributed by atoms with Crippen LogP contribution in [-0.2, 0) is 11.4 Å². The Bertz CT molecular complexity index is 956. The molecule has 152 valence electrons. The molecule has 1 fully saturated rings. The molecule has 1 heterocycles. The lowest BCUT2D eigenvalue weighted by Gasteiger charge is -2.14. The lowest BCUT2D eigenvalue weighted by Crippen LogP contribution is -2.27. The highest BCUT2D eigenvalue weighted by Gasteiger charge is 2.33. The summed E-state index contributed by atoms with van der Waals surface area (Å²) < 4.78 is 12.5. The fourth-order valence-corrected chi connectivity index (χ4v) is 4.13. The molecule has 7 heteroatoms. The van der Waals surface area contributed by atoms with Crippen LogP contribution in [0.3, 0.4) is 0 Å². The van der Waals surface area contributed by atoms with Crippen LogP contribution in [-0.4, -0.2) is 29.2 Å². The van der Waals surface area contributed by atoms with Gasteiger partial charge in [-0.1, -0.05) is 45.8 Å². The van der Waals surface area contributed by atoms with Gasteiger partial charge in [0.15, 0.2) is 11.5 Å². The fourth-order valence-electron chi connectivity index (χ4n) is 2.80. The van der Waals surface area contributed by atoms with Crippen LogP contribution < -0.4 is 9.47 Å². The van der Waals surface area contributed by atoms with Crippen molar-refractivity contribution >= 4 is 44.9 Å². The molecule has 0 radical (unpaired) electrons.